The lowest BCUT2D eigenvalue weighted by Gasteiger charge is -2.23. The number of halogens is 3. The van der Waals surface area contributed by atoms with E-state index in [2.05, 4.69) is 21.0 Å². The number of aryl methyl sites for hydroxylation is 2. The number of hydrogen-bond acceptors (Lipinski definition) is 9. The van der Waals surface area contributed by atoms with Gasteiger partial charge in [0.05, 0.1) is 29.8 Å². The first-order chi connectivity index (χ1) is 21.1. The highest BCUT2D eigenvalue weighted by Crippen LogP contribution is 2.36. The maximum atomic E-state index is 13.7. The number of carbonyl (C=O) groups excluding carboxylic acids is 3. The van der Waals surface area contributed by atoms with E-state index in [1.165, 1.54) is 38.2 Å². The van der Waals surface area contributed by atoms with Crippen molar-refractivity contribution in [2.45, 2.75) is 36.4 Å². The SMILES string of the molecule is Cc1ccc2cc1OCCNC(=O)CN(S(=O)(=O)c1ccc(-c3cc(C(F)(F)F)nn3C)s1)CCNC(=O)[C@H]([C@@H](C)O)NC2=O. The lowest BCUT2D eigenvalue weighted by Crippen LogP contribution is -2.53. The summed E-state index contributed by atoms with van der Waals surface area (Å²) in [6.45, 7) is 1.67. The van der Waals surface area contributed by atoms with Gasteiger partial charge in [-0.05, 0) is 49.7 Å². The minimum Gasteiger partial charge on any atom is -0.491 e. The second-order valence-electron chi connectivity index (χ2n) is 10.2. The predicted molar refractivity (Wildman–Crippen MR) is 156 cm³/mol. The summed E-state index contributed by atoms with van der Waals surface area (Å²) in [5.74, 6) is -1.80. The van der Waals surface area contributed by atoms with Crippen LogP contribution >= 0.6 is 11.3 Å². The van der Waals surface area contributed by atoms with Gasteiger partial charge in [-0.3, -0.25) is 19.1 Å². The molecule has 3 aromatic rings. The number of fused-ring (bicyclic) bond motifs is 2. The molecule has 18 heteroatoms. The van der Waals surface area contributed by atoms with Crippen LogP contribution < -0.4 is 20.7 Å². The molecule has 244 valence electrons. The molecule has 1 aliphatic rings. The van der Waals surface area contributed by atoms with Gasteiger partial charge in [-0.2, -0.15) is 22.6 Å². The van der Waals surface area contributed by atoms with E-state index in [0.29, 0.717) is 22.6 Å². The third kappa shape index (κ3) is 7.99. The molecule has 0 spiro atoms. The van der Waals surface area contributed by atoms with Crippen molar-refractivity contribution >= 4 is 39.1 Å². The van der Waals surface area contributed by atoms with Crippen molar-refractivity contribution in [2.75, 3.05) is 32.8 Å². The molecular formula is C27H31F3N6O7S2. The van der Waals surface area contributed by atoms with Crippen LogP contribution in [0.3, 0.4) is 0 Å². The average molecular weight is 673 g/mol. The number of amides is 3. The number of aliphatic hydroxyl groups is 1. The Morgan fingerprint density at radius 1 is 1.11 bits per heavy atom. The fraction of sp³-hybridized carbons (Fsp3) is 0.407. The molecule has 1 aromatic carbocycles. The Morgan fingerprint density at radius 3 is 2.51 bits per heavy atom. The van der Waals surface area contributed by atoms with Crippen LogP contribution in [0.1, 0.15) is 28.5 Å². The van der Waals surface area contributed by atoms with E-state index in [1.54, 1.807) is 13.0 Å². The number of ether oxygens (including phenoxy) is 1. The Labute approximate surface area is 260 Å². The van der Waals surface area contributed by atoms with Crippen molar-refractivity contribution < 1.29 is 45.8 Å². The van der Waals surface area contributed by atoms with E-state index in [0.717, 1.165) is 15.1 Å². The molecule has 13 nitrogen and oxygen atoms in total. The fourth-order valence-electron chi connectivity index (χ4n) is 4.35. The van der Waals surface area contributed by atoms with Crippen LogP contribution in [0.25, 0.3) is 10.6 Å². The van der Waals surface area contributed by atoms with Crippen molar-refractivity contribution in [3.8, 4) is 16.3 Å². The Bertz CT molecular complexity index is 1690. The van der Waals surface area contributed by atoms with Gasteiger partial charge in [0, 0.05) is 25.7 Å². The molecule has 1 aliphatic heterocycles. The van der Waals surface area contributed by atoms with E-state index in [4.69, 9.17) is 4.74 Å². The number of nitrogens with one attached hydrogen (secondary N) is 3. The molecule has 0 fully saturated rings. The van der Waals surface area contributed by atoms with Gasteiger partial charge in [-0.25, -0.2) is 8.42 Å². The number of aliphatic hydroxyl groups excluding tert-OH is 1. The number of alkyl halides is 3. The van der Waals surface area contributed by atoms with Gasteiger partial charge in [0.15, 0.2) is 5.69 Å². The molecule has 2 bridgehead atoms. The number of nitrogens with zero attached hydrogens (tertiary/aromatic N) is 3. The molecule has 0 unspecified atom stereocenters. The Hall–Kier alpha value is -4.00. The van der Waals surface area contributed by atoms with Crippen molar-refractivity contribution in [1.82, 2.24) is 30.0 Å². The Kier molecular flexibility index (Phi) is 10.2. The number of aromatic nitrogens is 2. The van der Waals surface area contributed by atoms with E-state index in [1.807, 2.05) is 0 Å². The van der Waals surface area contributed by atoms with Crippen LogP contribution in [-0.2, 0) is 32.8 Å². The van der Waals surface area contributed by atoms with Gasteiger partial charge in [-0.15, -0.1) is 11.3 Å². The Morgan fingerprint density at radius 2 is 1.84 bits per heavy atom. The summed E-state index contributed by atoms with van der Waals surface area (Å²) in [5.41, 5.74) is -0.250. The van der Waals surface area contributed by atoms with Gasteiger partial charge < -0.3 is 25.8 Å². The zero-order chi connectivity index (χ0) is 33.1. The van der Waals surface area contributed by atoms with Gasteiger partial charge in [-0.1, -0.05) is 6.07 Å². The molecule has 4 rings (SSSR count). The normalized spacial score (nSPS) is 18.7. The number of hydrogen-bond donors (Lipinski definition) is 4. The van der Waals surface area contributed by atoms with Crippen molar-refractivity contribution in [2.24, 2.45) is 7.05 Å². The largest absolute Gasteiger partial charge is 0.491 e. The highest BCUT2D eigenvalue weighted by Gasteiger charge is 2.35. The maximum absolute atomic E-state index is 13.7. The topological polar surface area (TPSA) is 172 Å². The van der Waals surface area contributed by atoms with Gasteiger partial charge in [0.1, 0.15) is 22.6 Å². The van der Waals surface area contributed by atoms with Crippen molar-refractivity contribution in [1.29, 1.82) is 0 Å². The molecular weight excluding hydrogens is 641 g/mol. The molecule has 0 aliphatic carbocycles. The lowest BCUT2D eigenvalue weighted by molar-refractivity contribution is -0.141. The van der Waals surface area contributed by atoms with Crippen LogP contribution in [0.15, 0.2) is 40.6 Å². The molecule has 3 amide bonds. The summed E-state index contributed by atoms with van der Waals surface area (Å²) in [5, 5.41) is 21.2. The Balaban J connectivity index is 1.60. The second-order valence-corrected chi connectivity index (χ2v) is 13.4. The standard InChI is InChI=1S/C27H31F3N6O7S2/c1-15-4-5-17-12-19(15)43-11-9-31-22(38)14-36(10-8-32-26(40)24(16(2)37)33-25(17)39)45(41,42)23-7-6-20(44-23)18-13-21(27(28,29)30)34-35(18)3/h4-7,12-13,16,24,37H,8-11,14H2,1-3H3,(H,31,38)(H,32,40)(H,33,39)/t16-,24+/m1/s1. The van der Waals surface area contributed by atoms with Crippen molar-refractivity contribution in [3.63, 3.8) is 0 Å². The quantitative estimate of drug-likeness (QED) is 0.321. The van der Waals surface area contributed by atoms with Gasteiger partial charge in [0.2, 0.25) is 11.8 Å². The number of rotatable bonds is 4. The summed E-state index contributed by atoms with van der Waals surface area (Å²) < 4.78 is 74.1. The zero-order valence-corrected chi connectivity index (χ0v) is 26.0. The van der Waals surface area contributed by atoms with Crippen LogP contribution in [0.5, 0.6) is 5.75 Å². The number of benzene rings is 1. The monoisotopic (exact) mass is 672 g/mol. The zero-order valence-electron chi connectivity index (χ0n) is 24.3. The number of carbonyl (C=O) groups is 3. The third-order valence-corrected chi connectivity index (χ3v) is 10.2. The molecule has 4 N–H and O–H groups in total. The minimum absolute atomic E-state index is 0.00536. The van der Waals surface area contributed by atoms with Crippen LogP contribution in [0.2, 0.25) is 0 Å². The smallest absolute Gasteiger partial charge is 0.435 e. The predicted octanol–water partition coefficient (Wildman–Crippen LogP) is 1.27. The fourth-order valence-corrected chi connectivity index (χ4v) is 7.26. The first kappa shape index (κ1) is 33.9. The first-order valence-corrected chi connectivity index (χ1v) is 15.8. The highest BCUT2D eigenvalue weighted by atomic mass is 32.2. The van der Waals surface area contributed by atoms with Crippen molar-refractivity contribution in [3.05, 3.63) is 53.2 Å². The highest BCUT2D eigenvalue weighted by molar-refractivity contribution is 7.91. The van der Waals surface area contributed by atoms with Crippen LogP contribution in [-0.4, -0.2) is 90.3 Å². The van der Waals surface area contributed by atoms with E-state index >= 15 is 0 Å². The first-order valence-electron chi connectivity index (χ1n) is 13.6. The molecule has 45 heavy (non-hydrogen) atoms. The average Bonchev–Trinajstić information content (AvgIpc) is 3.61. The molecule has 3 heterocycles. The van der Waals surface area contributed by atoms with Gasteiger partial charge in [0.25, 0.3) is 15.9 Å². The summed E-state index contributed by atoms with van der Waals surface area (Å²) >= 11 is 0.688. The number of thiophene rings is 1. The van der Waals surface area contributed by atoms with E-state index in [-0.39, 0.29) is 40.0 Å². The molecule has 0 saturated heterocycles. The summed E-state index contributed by atoms with van der Waals surface area (Å²) in [7, 11) is -3.11. The summed E-state index contributed by atoms with van der Waals surface area (Å²) in [6, 6.07) is 6.56. The maximum Gasteiger partial charge on any atom is 0.435 e. The van der Waals surface area contributed by atoms with E-state index < -0.39 is 64.9 Å². The second kappa shape index (κ2) is 13.6. The molecule has 0 radical (unpaired) electrons. The molecule has 2 aromatic heterocycles. The summed E-state index contributed by atoms with van der Waals surface area (Å²) in [6.07, 6.45) is -6.02. The third-order valence-electron chi connectivity index (χ3n) is 6.76. The van der Waals surface area contributed by atoms with Crippen LogP contribution in [0.4, 0.5) is 13.2 Å². The minimum atomic E-state index is -4.70. The lowest BCUT2D eigenvalue weighted by atomic mass is 10.1. The molecule has 2 atom stereocenters. The number of sulfonamides is 1. The van der Waals surface area contributed by atoms with Gasteiger partial charge >= 0.3 is 6.18 Å². The van der Waals surface area contributed by atoms with Crippen LogP contribution in [0, 0.1) is 6.92 Å². The van der Waals surface area contributed by atoms with E-state index in [9.17, 15) is 41.1 Å². The molecule has 0 saturated carbocycles. The summed E-state index contributed by atoms with van der Waals surface area (Å²) in [4.78, 5) is 38.8.